The van der Waals surface area contributed by atoms with Crippen molar-refractivity contribution in [1.82, 2.24) is 14.7 Å². The molecule has 7 heteroatoms. The van der Waals surface area contributed by atoms with Gasteiger partial charge in [-0.3, -0.25) is 14.3 Å². The van der Waals surface area contributed by atoms with E-state index in [4.69, 9.17) is 0 Å². The molecule has 0 aliphatic heterocycles. The first-order valence-electron chi connectivity index (χ1n) is 8.07. The third-order valence-corrected chi connectivity index (χ3v) is 4.09. The minimum absolute atomic E-state index is 0.0377. The lowest BCUT2D eigenvalue weighted by Gasteiger charge is -2.14. The molecular weight excluding hydrogens is 318 g/mol. The highest BCUT2D eigenvalue weighted by Crippen LogP contribution is 2.19. The van der Waals surface area contributed by atoms with Crippen LogP contribution in [0.2, 0.25) is 0 Å². The van der Waals surface area contributed by atoms with Gasteiger partial charge in [0.25, 0.3) is 5.91 Å². The van der Waals surface area contributed by atoms with Gasteiger partial charge in [0.05, 0.1) is 23.6 Å². The molecule has 0 unspecified atom stereocenters. The topological polar surface area (TPSA) is 79.3 Å². The van der Waals surface area contributed by atoms with Crippen LogP contribution in [0.25, 0.3) is 0 Å². The summed E-state index contributed by atoms with van der Waals surface area (Å²) >= 11 is 0. The summed E-state index contributed by atoms with van der Waals surface area (Å²) in [6.07, 6.45) is 0. The average molecular weight is 343 g/mol. The number of amides is 2. The van der Waals surface area contributed by atoms with E-state index >= 15 is 0 Å². The highest BCUT2D eigenvalue weighted by Gasteiger charge is 2.13. The Balaban J connectivity index is 2.00. The molecule has 0 bridgehead atoms. The molecule has 0 atom stereocenters. The second-order valence-corrected chi connectivity index (χ2v) is 6.30. The van der Waals surface area contributed by atoms with Crippen LogP contribution in [0.5, 0.6) is 0 Å². The molecule has 2 amide bonds. The van der Waals surface area contributed by atoms with Gasteiger partial charge in [0.1, 0.15) is 0 Å². The summed E-state index contributed by atoms with van der Waals surface area (Å²) in [7, 11) is 5.29. The van der Waals surface area contributed by atoms with E-state index in [-0.39, 0.29) is 18.4 Å². The Bertz CT molecular complexity index is 808. The molecule has 2 N–H and O–H groups in total. The van der Waals surface area contributed by atoms with Crippen LogP contribution in [0.1, 0.15) is 27.3 Å². The Morgan fingerprint density at radius 2 is 1.88 bits per heavy atom. The third kappa shape index (κ3) is 4.17. The SMILES string of the molecule is Cc1cc(NCC(=O)Nc2c(C)nn(C)c2C)ccc1C(=O)N(C)C. The standard InChI is InChI=1S/C18H25N5O2/c1-11-9-14(7-8-15(11)18(25)22(4)5)19-10-16(24)20-17-12(2)21-23(6)13(17)3/h7-9,19H,10H2,1-6H3,(H,20,24). The van der Waals surface area contributed by atoms with E-state index in [1.54, 1.807) is 35.8 Å². The van der Waals surface area contributed by atoms with Crippen molar-refractivity contribution in [2.75, 3.05) is 31.3 Å². The molecule has 2 aromatic rings. The van der Waals surface area contributed by atoms with Crippen molar-refractivity contribution in [2.45, 2.75) is 20.8 Å². The predicted octanol–water partition coefficient (Wildman–Crippen LogP) is 2.10. The van der Waals surface area contributed by atoms with E-state index < -0.39 is 0 Å². The maximum Gasteiger partial charge on any atom is 0.253 e. The molecule has 2 rings (SSSR count). The van der Waals surface area contributed by atoms with E-state index in [0.717, 1.165) is 28.3 Å². The van der Waals surface area contributed by atoms with Crippen LogP contribution in [0.3, 0.4) is 0 Å². The fraction of sp³-hybridized carbons (Fsp3) is 0.389. The second-order valence-electron chi connectivity index (χ2n) is 6.30. The second kappa shape index (κ2) is 7.38. The number of nitrogens with one attached hydrogen (secondary N) is 2. The zero-order chi connectivity index (χ0) is 18.7. The number of aryl methyl sites for hydroxylation is 3. The van der Waals surface area contributed by atoms with E-state index in [9.17, 15) is 9.59 Å². The van der Waals surface area contributed by atoms with Gasteiger partial charge in [-0.2, -0.15) is 5.10 Å². The Kier molecular flexibility index (Phi) is 5.46. The van der Waals surface area contributed by atoms with E-state index in [1.807, 2.05) is 33.9 Å². The summed E-state index contributed by atoms with van der Waals surface area (Å²) < 4.78 is 1.74. The van der Waals surface area contributed by atoms with Crippen molar-refractivity contribution >= 4 is 23.2 Å². The van der Waals surface area contributed by atoms with E-state index in [2.05, 4.69) is 15.7 Å². The zero-order valence-electron chi connectivity index (χ0n) is 15.6. The smallest absolute Gasteiger partial charge is 0.253 e. The first kappa shape index (κ1) is 18.5. The summed E-state index contributed by atoms with van der Waals surface area (Å²) in [5.74, 6) is -0.186. The van der Waals surface area contributed by atoms with Gasteiger partial charge in [0.15, 0.2) is 0 Å². The Hall–Kier alpha value is -2.83. The maximum atomic E-state index is 12.2. The molecule has 0 aliphatic rings. The van der Waals surface area contributed by atoms with Crippen molar-refractivity contribution in [3.05, 3.63) is 40.7 Å². The molecule has 1 aromatic carbocycles. The van der Waals surface area contributed by atoms with Gasteiger partial charge >= 0.3 is 0 Å². The van der Waals surface area contributed by atoms with Crippen LogP contribution in [-0.2, 0) is 11.8 Å². The normalized spacial score (nSPS) is 10.5. The average Bonchev–Trinajstić information content (AvgIpc) is 2.78. The Labute approximate surface area is 148 Å². The molecule has 0 fully saturated rings. The summed E-state index contributed by atoms with van der Waals surface area (Å²) in [5.41, 5.74) is 4.76. The molecule has 1 aromatic heterocycles. The number of hydrogen-bond acceptors (Lipinski definition) is 4. The number of carbonyl (C=O) groups is 2. The van der Waals surface area contributed by atoms with Crippen LogP contribution < -0.4 is 10.6 Å². The predicted molar refractivity (Wildman–Crippen MR) is 99.0 cm³/mol. The maximum absolute atomic E-state index is 12.2. The van der Waals surface area contributed by atoms with E-state index in [1.165, 1.54) is 0 Å². The third-order valence-electron chi connectivity index (χ3n) is 4.09. The van der Waals surface area contributed by atoms with Crippen molar-refractivity contribution < 1.29 is 9.59 Å². The van der Waals surface area contributed by atoms with Gasteiger partial charge in [-0.15, -0.1) is 0 Å². The van der Waals surface area contributed by atoms with Gasteiger partial charge < -0.3 is 15.5 Å². The van der Waals surface area contributed by atoms with Crippen molar-refractivity contribution in [2.24, 2.45) is 7.05 Å². The van der Waals surface area contributed by atoms with Crippen LogP contribution >= 0.6 is 0 Å². The molecule has 1 heterocycles. The number of nitrogens with zero attached hydrogens (tertiary/aromatic N) is 3. The minimum atomic E-state index is -0.148. The van der Waals surface area contributed by atoms with Crippen molar-refractivity contribution in [3.63, 3.8) is 0 Å². The number of anilines is 2. The van der Waals surface area contributed by atoms with Crippen LogP contribution in [0.15, 0.2) is 18.2 Å². The fourth-order valence-corrected chi connectivity index (χ4v) is 2.57. The number of aromatic nitrogens is 2. The van der Waals surface area contributed by atoms with Crippen LogP contribution in [0.4, 0.5) is 11.4 Å². The molecule has 0 spiro atoms. The Morgan fingerprint density at radius 1 is 1.20 bits per heavy atom. The van der Waals surface area contributed by atoms with Crippen LogP contribution in [0, 0.1) is 20.8 Å². The van der Waals surface area contributed by atoms with Gasteiger partial charge in [-0.25, -0.2) is 0 Å². The zero-order valence-corrected chi connectivity index (χ0v) is 15.6. The van der Waals surface area contributed by atoms with Gasteiger partial charge in [0, 0.05) is 32.4 Å². The highest BCUT2D eigenvalue weighted by atomic mass is 16.2. The summed E-state index contributed by atoms with van der Waals surface area (Å²) in [6.45, 7) is 5.78. The Morgan fingerprint density at radius 3 is 2.40 bits per heavy atom. The summed E-state index contributed by atoms with van der Waals surface area (Å²) in [6, 6.07) is 5.44. The molecule has 134 valence electrons. The van der Waals surface area contributed by atoms with E-state index in [0.29, 0.717) is 5.56 Å². The molecular formula is C18H25N5O2. The first-order chi connectivity index (χ1) is 11.7. The number of hydrogen-bond donors (Lipinski definition) is 2. The molecule has 7 nitrogen and oxygen atoms in total. The minimum Gasteiger partial charge on any atom is -0.376 e. The largest absolute Gasteiger partial charge is 0.376 e. The van der Waals surface area contributed by atoms with Crippen molar-refractivity contribution in [1.29, 1.82) is 0 Å². The lowest BCUT2D eigenvalue weighted by molar-refractivity contribution is -0.114. The summed E-state index contributed by atoms with van der Waals surface area (Å²) in [4.78, 5) is 25.8. The monoisotopic (exact) mass is 343 g/mol. The molecule has 0 saturated carbocycles. The fourth-order valence-electron chi connectivity index (χ4n) is 2.57. The van der Waals surface area contributed by atoms with Gasteiger partial charge in [-0.1, -0.05) is 0 Å². The highest BCUT2D eigenvalue weighted by molar-refractivity contribution is 5.96. The van der Waals surface area contributed by atoms with Gasteiger partial charge in [0.2, 0.25) is 5.91 Å². The molecule has 0 saturated heterocycles. The van der Waals surface area contributed by atoms with Crippen LogP contribution in [-0.4, -0.2) is 47.1 Å². The molecule has 0 aliphatic carbocycles. The first-order valence-corrected chi connectivity index (χ1v) is 8.07. The molecule has 25 heavy (non-hydrogen) atoms. The molecule has 0 radical (unpaired) electrons. The number of benzene rings is 1. The lowest BCUT2D eigenvalue weighted by atomic mass is 10.1. The number of rotatable bonds is 5. The lowest BCUT2D eigenvalue weighted by Crippen LogP contribution is -2.23. The summed E-state index contributed by atoms with van der Waals surface area (Å²) in [5, 5.41) is 10.2. The quantitative estimate of drug-likeness (QED) is 0.871. The van der Waals surface area contributed by atoms with Gasteiger partial charge in [-0.05, 0) is 44.5 Å². The van der Waals surface area contributed by atoms with Crippen molar-refractivity contribution in [3.8, 4) is 0 Å². The number of carbonyl (C=O) groups excluding carboxylic acids is 2.